The van der Waals surface area contributed by atoms with Gasteiger partial charge in [0.2, 0.25) is 0 Å². The summed E-state index contributed by atoms with van der Waals surface area (Å²) in [5.41, 5.74) is 3.51. The maximum absolute atomic E-state index is 12.5. The Hall–Kier alpha value is -4.25. The first-order valence-corrected chi connectivity index (χ1v) is 15.9. The zero-order valence-corrected chi connectivity index (χ0v) is 24.5. The van der Waals surface area contributed by atoms with Crippen LogP contribution in [0.3, 0.4) is 0 Å². The Labute approximate surface area is 241 Å². The van der Waals surface area contributed by atoms with Crippen molar-refractivity contribution < 1.29 is 18.8 Å². The van der Waals surface area contributed by atoms with Crippen LogP contribution in [0.1, 0.15) is 22.4 Å². The van der Waals surface area contributed by atoms with Crippen molar-refractivity contribution in [1.29, 1.82) is 0 Å². The highest BCUT2D eigenvalue weighted by molar-refractivity contribution is 7.70. The van der Waals surface area contributed by atoms with Gasteiger partial charge in [-0.3, -0.25) is 0 Å². The topological polar surface area (TPSA) is 70.5 Å². The first-order chi connectivity index (χ1) is 19.8. The summed E-state index contributed by atoms with van der Waals surface area (Å²) in [5.74, 6) is 2.11. The molecule has 0 amide bonds. The third-order valence-electron chi connectivity index (χ3n) is 7.07. The Morgan fingerprint density at radius 1 is 0.683 bits per heavy atom. The quantitative estimate of drug-likeness (QED) is 0.136. The minimum Gasteiger partial charge on any atom is -0.497 e. The van der Waals surface area contributed by atoms with Crippen molar-refractivity contribution in [3.8, 4) is 22.9 Å². The molecule has 0 spiro atoms. The normalized spacial score (nSPS) is 11.7. The van der Waals surface area contributed by atoms with E-state index >= 15 is 0 Å². The second-order valence-electron chi connectivity index (χ2n) is 10.1. The molecule has 5 rings (SSSR count). The van der Waals surface area contributed by atoms with Gasteiger partial charge in [-0.15, -0.1) is 0 Å². The van der Waals surface area contributed by atoms with E-state index in [0.717, 1.165) is 44.8 Å². The number of aromatic nitrogens is 2. The van der Waals surface area contributed by atoms with Crippen LogP contribution in [-0.4, -0.2) is 37.5 Å². The van der Waals surface area contributed by atoms with E-state index in [1.165, 1.54) is 0 Å². The molecule has 0 atom stereocenters. The fourth-order valence-electron chi connectivity index (χ4n) is 4.84. The number of ether oxygens (including phenoxy) is 3. The molecular weight excluding hydrogens is 531 g/mol. The highest BCUT2D eigenvalue weighted by atomic mass is 31.2. The molecule has 41 heavy (non-hydrogen) atoms. The summed E-state index contributed by atoms with van der Waals surface area (Å²) in [5, 5.41) is 0.826. The average molecular weight is 565 g/mol. The van der Waals surface area contributed by atoms with Gasteiger partial charge in [0.1, 0.15) is 24.2 Å². The molecule has 1 aromatic heterocycles. The van der Waals surface area contributed by atoms with Gasteiger partial charge in [0, 0.05) is 17.1 Å². The summed E-state index contributed by atoms with van der Waals surface area (Å²) in [7, 11) is 0.968. The Balaban J connectivity index is 1.56. The van der Waals surface area contributed by atoms with E-state index in [0.29, 0.717) is 5.82 Å². The molecule has 7 heteroatoms. The molecule has 0 N–H and O–H groups in total. The second kappa shape index (κ2) is 12.1. The van der Waals surface area contributed by atoms with Crippen molar-refractivity contribution in [2.45, 2.75) is 12.2 Å². The van der Waals surface area contributed by atoms with Crippen LogP contribution in [0.5, 0.6) is 11.5 Å². The zero-order valence-electron chi connectivity index (χ0n) is 23.7. The van der Waals surface area contributed by atoms with Crippen LogP contribution in [0.2, 0.25) is 0 Å². The lowest BCUT2D eigenvalue weighted by Gasteiger charge is -2.36. The zero-order chi connectivity index (χ0) is 28.9. The van der Waals surface area contributed by atoms with Crippen LogP contribution in [0.15, 0.2) is 115 Å². The molecule has 0 saturated carbocycles. The van der Waals surface area contributed by atoms with E-state index < -0.39 is 12.7 Å². The molecule has 0 aliphatic heterocycles. The molecule has 6 nitrogen and oxygen atoms in total. The van der Waals surface area contributed by atoms with Crippen molar-refractivity contribution in [2.75, 3.05) is 27.5 Å². The fourth-order valence-corrected chi connectivity index (χ4v) is 5.71. The standard InChI is InChI=1S/C34H33N2O4P/c1-38-30-16-12-27(13-17-30)34(26-8-6-5-7-9-26,28-14-18-31(39-2)19-15-28)40-24-29-22-23-35-33(36-29)25-10-20-32(21-11-25)41(3,4)37/h5-23H,24H2,1-4H3. The highest BCUT2D eigenvalue weighted by Gasteiger charge is 2.38. The summed E-state index contributed by atoms with van der Waals surface area (Å²) >= 11 is 0. The van der Waals surface area contributed by atoms with Crippen molar-refractivity contribution in [3.05, 3.63) is 138 Å². The fraction of sp³-hybridized carbons (Fsp3) is 0.176. The van der Waals surface area contributed by atoms with E-state index in [1.807, 2.05) is 97.1 Å². The predicted molar refractivity (Wildman–Crippen MR) is 164 cm³/mol. The van der Waals surface area contributed by atoms with Gasteiger partial charge in [-0.05, 0) is 60.4 Å². The van der Waals surface area contributed by atoms with Crippen molar-refractivity contribution in [2.24, 2.45) is 0 Å². The van der Waals surface area contributed by atoms with E-state index in [1.54, 1.807) is 33.7 Å². The number of rotatable bonds is 10. The number of benzene rings is 4. The van der Waals surface area contributed by atoms with Crippen molar-refractivity contribution >= 4 is 12.4 Å². The minimum absolute atomic E-state index is 0.222. The Bertz CT molecular complexity index is 1580. The van der Waals surface area contributed by atoms with Crippen LogP contribution in [-0.2, 0) is 21.5 Å². The molecule has 0 aliphatic rings. The molecule has 208 valence electrons. The third-order valence-corrected chi connectivity index (χ3v) is 8.61. The molecule has 5 aromatic rings. The van der Waals surface area contributed by atoms with Crippen LogP contribution >= 0.6 is 7.14 Å². The van der Waals surface area contributed by atoms with E-state index in [4.69, 9.17) is 19.2 Å². The Kier molecular flexibility index (Phi) is 8.34. The predicted octanol–water partition coefficient (Wildman–Crippen LogP) is 6.92. The van der Waals surface area contributed by atoms with Gasteiger partial charge in [0.05, 0.1) is 26.5 Å². The van der Waals surface area contributed by atoms with E-state index in [9.17, 15) is 4.57 Å². The summed E-state index contributed by atoms with van der Waals surface area (Å²) in [4.78, 5) is 9.32. The Morgan fingerprint density at radius 2 is 1.22 bits per heavy atom. The molecule has 0 fully saturated rings. The molecule has 0 aliphatic carbocycles. The van der Waals surface area contributed by atoms with Crippen LogP contribution in [0, 0.1) is 0 Å². The lowest BCUT2D eigenvalue weighted by Crippen LogP contribution is -2.33. The van der Waals surface area contributed by atoms with Gasteiger partial charge in [0.25, 0.3) is 0 Å². The molecule has 0 saturated heterocycles. The van der Waals surface area contributed by atoms with Crippen molar-refractivity contribution in [3.63, 3.8) is 0 Å². The lowest BCUT2D eigenvalue weighted by molar-refractivity contribution is -0.00145. The second-order valence-corrected chi connectivity index (χ2v) is 13.3. The van der Waals surface area contributed by atoms with Crippen molar-refractivity contribution in [1.82, 2.24) is 9.97 Å². The summed E-state index contributed by atoms with van der Waals surface area (Å²) in [6, 6.07) is 35.5. The van der Waals surface area contributed by atoms with Gasteiger partial charge >= 0.3 is 0 Å². The lowest BCUT2D eigenvalue weighted by atomic mass is 9.80. The maximum Gasteiger partial charge on any atom is 0.159 e. The van der Waals surface area contributed by atoms with E-state index in [-0.39, 0.29) is 6.61 Å². The molecule has 0 unspecified atom stereocenters. The number of hydrogen-bond donors (Lipinski definition) is 0. The van der Waals surface area contributed by atoms with Crippen LogP contribution in [0.25, 0.3) is 11.4 Å². The van der Waals surface area contributed by atoms with Gasteiger partial charge in [-0.2, -0.15) is 0 Å². The Morgan fingerprint density at radius 3 is 1.73 bits per heavy atom. The van der Waals surface area contributed by atoms with Gasteiger partial charge in [0.15, 0.2) is 5.82 Å². The molecule has 0 radical (unpaired) electrons. The van der Waals surface area contributed by atoms with Gasteiger partial charge in [-0.25, -0.2) is 9.97 Å². The number of nitrogens with zero attached hydrogens (tertiary/aromatic N) is 2. The molecular formula is C34H33N2O4P. The van der Waals surface area contributed by atoms with Crippen LogP contribution < -0.4 is 14.8 Å². The monoisotopic (exact) mass is 564 g/mol. The van der Waals surface area contributed by atoms with Gasteiger partial charge < -0.3 is 18.8 Å². The summed E-state index contributed by atoms with van der Waals surface area (Å²) in [6.07, 6.45) is 1.74. The highest BCUT2D eigenvalue weighted by Crippen LogP contribution is 2.42. The minimum atomic E-state index is -2.34. The first-order valence-electron chi connectivity index (χ1n) is 13.3. The smallest absolute Gasteiger partial charge is 0.159 e. The van der Waals surface area contributed by atoms with Gasteiger partial charge in [-0.1, -0.05) is 78.9 Å². The van der Waals surface area contributed by atoms with Crippen LogP contribution in [0.4, 0.5) is 0 Å². The summed E-state index contributed by atoms with van der Waals surface area (Å²) in [6.45, 7) is 3.75. The molecule has 0 bridgehead atoms. The molecule has 1 heterocycles. The van der Waals surface area contributed by atoms with E-state index in [2.05, 4.69) is 17.1 Å². The SMILES string of the molecule is COc1ccc(C(OCc2ccnc(-c3ccc(P(C)(C)=O)cc3)n2)(c2ccccc2)c2ccc(OC)cc2)cc1. The maximum atomic E-state index is 12.5. The number of hydrogen-bond acceptors (Lipinski definition) is 6. The summed E-state index contributed by atoms with van der Waals surface area (Å²) < 4.78 is 30.3. The average Bonchev–Trinajstić information content (AvgIpc) is 3.02. The first kappa shape index (κ1) is 28.3. The number of methoxy groups -OCH3 is 2. The largest absolute Gasteiger partial charge is 0.497 e. The third kappa shape index (κ3) is 6.09. The molecule has 4 aromatic carbocycles.